The maximum Gasteiger partial charge on any atom is 0.335 e. The molecule has 1 aromatic carbocycles. The molecule has 0 aliphatic rings. The van der Waals surface area contributed by atoms with Crippen molar-refractivity contribution in [3.05, 3.63) is 35.4 Å². The maximum atomic E-state index is 11.1. The van der Waals surface area contributed by atoms with Gasteiger partial charge in [0.2, 0.25) is 0 Å². The normalized spacial score (nSPS) is 10.8. The van der Waals surface area contributed by atoms with Crippen LogP contribution in [0.4, 0.5) is 0 Å². The zero-order valence-corrected chi connectivity index (χ0v) is 11.9. The highest BCUT2D eigenvalue weighted by Crippen LogP contribution is 2.10. The molecule has 0 fully saturated rings. The van der Waals surface area contributed by atoms with Crippen LogP contribution in [-0.2, 0) is 6.42 Å². The topological polar surface area (TPSA) is 40.5 Å². The van der Waals surface area contributed by atoms with E-state index in [4.69, 9.17) is 5.11 Å². The van der Waals surface area contributed by atoms with Gasteiger partial charge in [-0.05, 0) is 30.9 Å². The average Bonchev–Trinajstić information content (AvgIpc) is 2.37. The number of benzene rings is 1. The Balaban J connectivity index is 2.45. The van der Waals surface area contributed by atoms with Crippen molar-refractivity contribution in [1.29, 1.82) is 0 Å². The molecule has 0 aromatic heterocycles. The molecule has 1 aromatic rings. The van der Waals surface area contributed by atoms with Crippen LogP contribution in [-0.4, -0.2) is 47.6 Å². The lowest BCUT2D eigenvalue weighted by atomic mass is 10.0. The van der Waals surface area contributed by atoms with Crippen LogP contribution in [0.15, 0.2) is 24.3 Å². The SMILES string of the molecule is CCSCCN(C)CCc1ccccc1C(=O)O. The summed E-state index contributed by atoms with van der Waals surface area (Å²) in [4.78, 5) is 13.3. The van der Waals surface area contributed by atoms with E-state index < -0.39 is 5.97 Å². The van der Waals surface area contributed by atoms with Gasteiger partial charge in [0.1, 0.15) is 0 Å². The van der Waals surface area contributed by atoms with Crippen LogP contribution in [0.1, 0.15) is 22.8 Å². The smallest absolute Gasteiger partial charge is 0.335 e. The minimum absolute atomic E-state index is 0.425. The van der Waals surface area contributed by atoms with E-state index in [2.05, 4.69) is 18.9 Å². The second-order valence-corrected chi connectivity index (χ2v) is 5.61. The van der Waals surface area contributed by atoms with Gasteiger partial charge in [-0.1, -0.05) is 25.1 Å². The van der Waals surface area contributed by atoms with Gasteiger partial charge in [-0.15, -0.1) is 0 Å². The third kappa shape index (κ3) is 5.10. The summed E-state index contributed by atoms with van der Waals surface area (Å²) in [5.74, 6) is 1.44. The van der Waals surface area contributed by atoms with Crippen molar-refractivity contribution in [2.24, 2.45) is 0 Å². The van der Waals surface area contributed by atoms with E-state index in [9.17, 15) is 4.79 Å². The van der Waals surface area contributed by atoms with Gasteiger partial charge >= 0.3 is 5.97 Å². The van der Waals surface area contributed by atoms with Crippen LogP contribution in [0, 0.1) is 0 Å². The third-order valence-corrected chi connectivity index (χ3v) is 3.71. The number of thioether (sulfide) groups is 1. The summed E-state index contributed by atoms with van der Waals surface area (Å²) in [5.41, 5.74) is 1.34. The van der Waals surface area contributed by atoms with E-state index in [1.54, 1.807) is 12.1 Å². The third-order valence-electron chi connectivity index (χ3n) is 2.83. The molecule has 18 heavy (non-hydrogen) atoms. The number of nitrogens with zero attached hydrogens (tertiary/aromatic N) is 1. The number of aromatic carboxylic acids is 1. The molecule has 0 heterocycles. The molecular weight excluding hydrogens is 246 g/mol. The number of rotatable bonds is 8. The standard InChI is InChI=1S/C14H21NO2S/c1-3-18-11-10-15(2)9-8-12-6-4-5-7-13(12)14(16)17/h4-7H,3,8-11H2,1-2H3,(H,16,17). The van der Waals surface area contributed by atoms with Crippen LogP contribution >= 0.6 is 11.8 Å². The largest absolute Gasteiger partial charge is 0.478 e. The average molecular weight is 267 g/mol. The molecule has 3 nitrogen and oxygen atoms in total. The van der Waals surface area contributed by atoms with Crippen molar-refractivity contribution in [2.45, 2.75) is 13.3 Å². The van der Waals surface area contributed by atoms with Crippen LogP contribution in [0.2, 0.25) is 0 Å². The fraction of sp³-hybridized carbons (Fsp3) is 0.500. The van der Waals surface area contributed by atoms with Gasteiger partial charge < -0.3 is 10.0 Å². The van der Waals surface area contributed by atoms with E-state index in [0.29, 0.717) is 5.56 Å². The van der Waals surface area contributed by atoms with Crippen molar-refractivity contribution in [1.82, 2.24) is 4.90 Å². The monoisotopic (exact) mass is 267 g/mol. The summed E-state index contributed by atoms with van der Waals surface area (Å²) >= 11 is 1.93. The maximum absolute atomic E-state index is 11.1. The summed E-state index contributed by atoms with van der Waals surface area (Å²) in [6, 6.07) is 7.24. The van der Waals surface area contributed by atoms with Crippen molar-refractivity contribution < 1.29 is 9.90 Å². The number of hydrogen-bond donors (Lipinski definition) is 1. The molecule has 0 radical (unpaired) electrons. The van der Waals surface area contributed by atoms with Crippen molar-refractivity contribution in [3.8, 4) is 0 Å². The van der Waals surface area contributed by atoms with Gasteiger partial charge in [-0.3, -0.25) is 0 Å². The van der Waals surface area contributed by atoms with Gasteiger partial charge in [0.25, 0.3) is 0 Å². The molecule has 0 saturated carbocycles. The Morgan fingerprint density at radius 3 is 2.72 bits per heavy atom. The van der Waals surface area contributed by atoms with Crippen LogP contribution in [0.5, 0.6) is 0 Å². The van der Waals surface area contributed by atoms with Gasteiger partial charge in [0.15, 0.2) is 0 Å². The summed E-state index contributed by atoms with van der Waals surface area (Å²) in [7, 11) is 2.08. The molecule has 0 atom stereocenters. The number of likely N-dealkylation sites (N-methyl/N-ethyl adjacent to an activating group) is 1. The predicted molar refractivity (Wildman–Crippen MR) is 77.6 cm³/mol. The molecule has 100 valence electrons. The van der Waals surface area contributed by atoms with Gasteiger partial charge in [0.05, 0.1) is 5.56 Å². The van der Waals surface area contributed by atoms with Crippen LogP contribution in [0.25, 0.3) is 0 Å². The lowest BCUT2D eigenvalue weighted by Crippen LogP contribution is -2.24. The fourth-order valence-electron chi connectivity index (χ4n) is 1.73. The number of carboxylic acids is 1. The first kappa shape index (κ1) is 15.1. The Morgan fingerprint density at radius 1 is 1.33 bits per heavy atom. The summed E-state index contributed by atoms with van der Waals surface area (Å²) < 4.78 is 0. The summed E-state index contributed by atoms with van der Waals surface area (Å²) in [6.45, 7) is 4.11. The van der Waals surface area contributed by atoms with Gasteiger partial charge in [-0.25, -0.2) is 4.79 Å². The molecule has 4 heteroatoms. The Bertz CT molecular complexity index is 382. The van der Waals surface area contributed by atoms with Crippen LogP contribution in [0.3, 0.4) is 0 Å². The first-order valence-electron chi connectivity index (χ1n) is 6.22. The number of carboxylic acid groups (broad SMARTS) is 1. The zero-order chi connectivity index (χ0) is 13.4. The van der Waals surface area contributed by atoms with Crippen molar-refractivity contribution >= 4 is 17.7 Å². The second kappa shape index (κ2) is 8.16. The zero-order valence-electron chi connectivity index (χ0n) is 11.1. The number of hydrogen-bond acceptors (Lipinski definition) is 3. The highest BCUT2D eigenvalue weighted by molar-refractivity contribution is 7.99. The first-order chi connectivity index (χ1) is 8.65. The van der Waals surface area contributed by atoms with Crippen LogP contribution < -0.4 is 0 Å². The Morgan fingerprint density at radius 2 is 2.06 bits per heavy atom. The quantitative estimate of drug-likeness (QED) is 0.735. The van der Waals surface area contributed by atoms with E-state index in [0.717, 1.165) is 36.6 Å². The van der Waals surface area contributed by atoms with E-state index >= 15 is 0 Å². The van der Waals surface area contributed by atoms with E-state index in [1.807, 2.05) is 23.9 Å². The highest BCUT2D eigenvalue weighted by Gasteiger charge is 2.09. The number of carbonyl (C=O) groups is 1. The Labute approximate surface area is 113 Å². The summed E-state index contributed by atoms with van der Waals surface area (Å²) in [5, 5.41) is 9.09. The second-order valence-electron chi connectivity index (χ2n) is 4.21. The highest BCUT2D eigenvalue weighted by atomic mass is 32.2. The molecule has 0 spiro atoms. The summed E-state index contributed by atoms with van der Waals surface area (Å²) in [6.07, 6.45) is 0.787. The molecule has 1 N–H and O–H groups in total. The molecule has 0 aliphatic carbocycles. The minimum atomic E-state index is -0.838. The first-order valence-corrected chi connectivity index (χ1v) is 7.38. The molecule has 0 unspecified atom stereocenters. The minimum Gasteiger partial charge on any atom is -0.478 e. The van der Waals surface area contributed by atoms with E-state index in [1.165, 1.54) is 0 Å². The van der Waals surface area contributed by atoms with Gasteiger partial charge in [-0.2, -0.15) is 11.8 Å². The van der Waals surface area contributed by atoms with Gasteiger partial charge in [0, 0.05) is 18.8 Å². The van der Waals surface area contributed by atoms with E-state index in [-0.39, 0.29) is 0 Å². The molecule has 1 rings (SSSR count). The Hall–Kier alpha value is -1.00. The lowest BCUT2D eigenvalue weighted by molar-refractivity contribution is 0.0695. The molecular formula is C14H21NO2S. The van der Waals surface area contributed by atoms with Crippen molar-refractivity contribution in [2.75, 3.05) is 31.6 Å². The fourth-order valence-corrected chi connectivity index (χ4v) is 2.46. The van der Waals surface area contributed by atoms with Crippen molar-refractivity contribution in [3.63, 3.8) is 0 Å². The predicted octanol–water partition coefficient (Wildman–Crippen LogP) is 2.61. The molecule has 0 saturated heterocycles. The lowest BCUT2D eigenvalue weighted by Gasteiger charge is -2.16. The molecule has 0 aliphatic heterocycles. The molecule has 0 bridgehead atoms. The molecule has 0 amide bonds. The Kier molecular flexibility index (Phi) is 6.83.